The van der Waals surface area contributed by atoms with E-state index in [2.05, 4.69) is 114 Å². The van der Waals surface area contributed by atoms with E-state index in [1.165, 1.54) is 22.6 Å². The molecule has 0 radical (unpaired) electrons. The van der Waals surface area contributed by atoms with E-state index in [1.54, 1.807) is 6.07 Å². The van der Waals surface area contributed by atoms with Crippen LogP contribution in [-0.2, 0) is 11.8 Å². The van der Waals surface area contributed by atoms with E-state index < -0.39 is 0 Å². The lowest BCUT2D eigenvalue weighted by Crippen LogP contribution is -2.33. The largest absolute Gasteiger partial charge is 0.372 e. The van der Waals surface area contributed by atoms with Crippen LogP contribution in [0.4, 0.5) is 15.8 Å². The maximum atomic E-state index is 14.8. The van der Waals surface area contributed by atoms with Gasteiger partial charge in [-0.25, -0.2) is 4.39 Å². The Morgan fingerprint density at radius 2 is 1.67 bits per heavy atom. The number of hydrogen-bond donors (Lipinski definition) is 0. The average Bonchev–Trinajstić information content (AvgIpc) is 3.03. The summed E-state index contributed by atoms with van der Waals surface area (Å²) >= 11 is 3.38. The van der Waals surface area contributed by atoms with Crippen molar-refractivity contribution in [2.45, 2.75) is 32.6 Å². The topological polar surface area (TPSA) is 6.25 Å². The molecule has 0 aromatic heterocycles. The first-order valence-corrected chi connectivity index (χ1v) is 12.3. The lowest BCUT2D eigenvalue weighted by Gasteiger charge is -2.23. The number of fused-ring (bicyclic) bond motifs is 1. The molecule has 0 spiro atoms. The monoisotopic (exact) mass is 505 g/mol. The van der Waals surface area contributed by atoms with Crippen LogP contribution in [0.1, 0.15) is 37.5 Å². The molecule has 1 unspecified atom stereocenters. The van der Waals surface area contributed by atoms with Crippen molar-refractivity contribution in [3.8, 4) is 0 Å². The third kappa shape index (κ3) is 4.54. The summed E-state index contributed by atoms with van der Waals surface area (Å²) in [6.07, 6.45) is 4.96. The third-order valence-electron chi connectivity index (χ3n) is 6.80. The van der Waals surface area contributed by atoms with Crippen molar-refractivity contribution in [3.63, 3.8) is 0 Å². The van der Waals surface area contributed by atoms with Gasteiger partial charge >= 0.3 is 0 Å². The highest BCUT2D eigenvalue weighted by atomic mass is 79.9. The Morgan fingerprint density at radius 3 is 2.33 bits per heavy atom. The van der Waals surface area contributed by atoms with Crippen LogP contribution in [0.25, 0.3) is 6.08 Å². The van der Waals surface area contributed by atoms with Gasteiger partial charge in [0.2, 0.25) is 5.69 Å². The van der Waals surface area contributed by atoms with E-state index in [0.29, 0.717) is 6.42 Å². The minimum absolute atomic E-state index is 0.173. The number of nitrogens with zero attached hydrogens (tertiary/aromatic N) is 2. The van der Waals surface area contributed by atoms with Crippen LogP contribution in [0.5, 0.6) is 0 Å². The van der Waals surface area contributed by atoms with Crippen LogP contribution in [0, 0.1) is 5.82 Å². The van der Waals surface area contributed by atoms with Crippen LogP contribution in [-0.4, -0.2) is 30.4 Å². The van der Waals surface area contributed by atoms with Gasteiger partial charge in [-0.3, -0.25) is 0 Å². The first kappa shape index (κ1) is 23.4. The molecule has 2 nitrogen and oxygen atoms in total. The van der Waals surface area contributed by atoms with Crippen molar-refractivity contribution in [1.29, 1.82) is 0 Å². The van der Waals surface area contributed by atoms with Crippen LogP contribution in [0.2, 0.25) is 0 Å². The molecule has 0 amide bonds. The molecular formula is C29H31BrFN2+. The van der Waals surface area contributed by atoms with Gasteiger partial charge < -0.3 is 4.90 Å². The number of anilines is 1. The number of allylic oxidation sites excluding steroid dienone is 1. The fourth-order valence-corrected chi connectivity index (χ4v) is 5.29. The Kier molecular flexibility index (Phi) is 6.85. The molecular weight excluding hydrogens is 475 g/mol. The normalized spacial score (nSPS) is 17.6. The van der Waals surface area contributed by atoms with Gasteiger partial charge in [0.15, 0.2) is 5.71 Å². The number of rotatable bonds is 7. The first-order chi connectivity index (χ1) is 15.9. The second-order valence-corrected chi connectivity index (χ2v) is 9.72. The lowest BCUT2D eigenvalue weighted by atomic mass is 9.74. The van der Waals surface area contributed by atoms with Crippen molar-refractivity contribution < 1.29 is 8.97 Å². The quantitative estimate of drug-likeness (QED) is 0.303. The van der Waals surface area contributed by atoms with Gasteiger partial charge in [0.1, 0.15) is 12.9 Å². The van der Waals surface area contributed by atoms with E-state index in [1.807, 2.05) is 12.1 Å². The molecule has 0 fully saturated rings. The molecule has 1 aliphatic rings. The van der Waals surface area contributed by atoms with Gasteiger partial charge in [0.05, 0.1) is 5.41 Å². The smallest absolute Gasteiger partial charge is 0.209 e. The molecule has 170 valence electrons. The molecule has 4 rings (SSSR count). The second kappa shape index (κ2) is 9.64. The van der Waals surface area contributed by atoms with Crippen molar-refractivity contribution in [1.82, 2.24) is 0 Å². The number of halogens is 2. The van der Waals surface area contributed by atoms with E-state index in [9.17, 15) is 4.39 Å². The number of para-hydroxylation sites is 1. The molecule has 33 heavy (non-hydrogen) atoms. The van der Waals surface area contributed by atoms with Gasteiger partial charge in [-0.15, -0.1) is 0 Å². The van der Waals surface area contributed by atoms with Gasteiger partial charge in [0, 0.05) is 41.0 Å². The summed E-state index contributed by atoms with van der Waals surface area (Å²) in [7, 11) is 2.10. The van der Waals surface area contributed by atoms with Gasteiger partial charge in [-0.1, -0.05) is 52.3 Å². The predicted octanol–water partition coefficient (Wildman–Crippen LogP) is 7.38. The Labute approximate surface area is 205 Å². The molecule has 0 bridgehead atoms. The molecule has 0 aliphatic carbocycles. The molecule has 3 aromatic carbocycles. The molecule has 0 N–H and O–H groups in total. The first-order valence-electron chi connectivity index (χ1n) is 11.5. The minimum atomic E-state index is -0.336. The summed E-state index contributed by atoms with van der Waals surface area (Å²) in [6.45, 7) is 8.57. The van der Waals surface area contributed by atoms with Crippen LogP contribution >= 0.6 is 15.9 Å². The summed E-state index contributed by atoms with van der Waals surface area (Å²) in [6, 6.07) is 22.5. The zero-order valence-electron chi connectivity index (χ0n) is 19.8. The summed E-state index contributed by atoms with van der Waals surface area (Å²) in [5, 5.41) is 0. The fraction of sp³-hybridized carbons (Fsp3) is 0.276. The minimum Gasteiger partial charge on any atom is -0.372 e. The van der Waals surface area contributed by atoms with Gasteiger partial charge in [0.25, 0.3) is 0 Å². The summed E-state index contributed by atoms with van der Waals surface area (Å²) in [5.74, 6) is -0.173. The van der Waals surface area contributed by atoms with E-state index in [0.717, 1.165) is 28.7 Å². The van der Waals surface area contributed by atoms with Gasteiger partial charge in [-0.05, 0) is 68.7 Å². The predicted molar refractivity (Wildman–Crippen MR) is 141 cm³/mol. The van der Waals surface area contributed by atoms with Gasteiger partial charge in [-0.2, -0.15) is 4.58 Å². The highest BCUT2D eigenvalue weighted by molar-refractivity contribution is 9.10. The summed E-state index contributed by atoms with van der Waals surface area (Å²) in [5.41, 5.74) is 6.35. The summed E-state index contributed by atoms with van der Waals surface area (Å²) in [4.78, 5) is 2.34. The molecule has 0 saturated heterocycles. The third-order valence-corrected chi connectivity index (χ3v) is 7.29. The van der Waals surface area contributed by atoms with E-state index >= 15 is 0 Å². The van der Waals surface area contributed by atoms with Crippen molar-refractivity contribution in [3.05, 3.63) is 99.8 Å². The average molecular weight is 506 g/mol. The SMILES string of the molecule is CCN(CC)c1ccc(/C=C/C2=[N+](C)c3ccccc3C2(C)Cc2ccc(Br)cc2F)cc1. The summed E-state index contributed by atoms with van der Waals surface area (Å²) < 4.78 is 17.8. The lowest BCUT2D eigenvalue weighted by molar-refractivity contribution is -0.401. The fourth-order valence-electron chi connectivity index (χ4n) is 4.96. The van der Waals surface area contributed by atoms with Crippen LogP contribution < -0.4 is 4.90 Å². The number of hydrogen-bond acceptors (Lipinski definition) is 1. The van der Waals surface area contributed by atoms with Crippen molar-refractivity contribution >= 4 is 39.1 Å². The zero-order chi connectivity index (χ0) is 23.6. The molecule has 0 saturated carbocycles. The Bertz CT molecular complexity index is 1210. The van der Waals surface area contributed by atoms with Crippen LogP contribution in [0.3, 0.4) is 0 Å². The van der Waals surface area contributed by atoms with Crippen LogP contribution in [0.15, 0.2) is 77.3 Å². The Balaban J connectivity index is 1.70. The molecule has 1 atom stereocenters. The standard InChI is InChI=1S/C29H31BrFN2/c1-5-33(6-2)24-16-11-21(12-17-24)13-18-28-29(3,20-22-14-15-23(30)19-26(22)31)25-9-7-8-10-27(25)32(28)4/h7-19H,5-6,20H2,1-4H3/q+1. The van der Waals surface area contributed by atoms with E-state index in [4.69, 9.17) is 0 Å². The van der Waals surface area contributed by atoms with E-state index in [-0.39, 0.29) is 11.2 Å². The maximum absolute atomic E-state index is 14.8. The molecule has 1 heterocycles. The Morgan fingerprint density at radius 1 is 0.970 bits per heavy atom. The highest BCUT2D eigenvalue weighted by Gasteiger charge is 2.46. The maximum Gasteiger partial charge on any atom is 0.209 e. The zero-order valence-corrected chi connectivity index (χ0v) is 21.4. The highest BCUT2D eigenvalue weighted by Crippen LogP contribution is 2.42. The second-order valence-electron chi connectivity index (χ2n) is 8.80. The number of benzene rings is 3. The van der Waals surface area contributed by atoms with Crippen molar-refractivity contribution in [2.75, 3.05) is 25.0 Å². The Hall–Kier alpha value is -2.72. The van der Waals surface area contributed by atoms with Crippen molar-refractivity contribution in [2.24, 2.45) is 0 Å². The molecule has 3 aromatic rings. The molecule has 4 heteroatoms. The molecule has 1 aliphatic heterocycles.